The quantitative estimate of drug-likeness (QED) is 0.666. The molecule has 0 spiro atoms. The van der Waals surface area contributed by atoms with E-state index >= 15 is 0 Å². The summed E-state index contributed by atoms with van der Waals surface area (Å²) < 4.78 is 54.2. The first-order valence-corrected chi connectivity index (χ1v) is 8.34. The van der Waals surface area contributed by atoms with Crippen LogP contribution in [-0.2, 0) is 10.0 Å². The van der Waals surface area contributed by atoms with E-state index in [1.54, 1.807) is 12.1 Å². The first kappa shape index (κ1) is 14.3. The molecule has 1 aromatic heterocycles. The standard InChI is InChI=1S/C15H7ClF2N2O2S/c16-10-4-9-8-5-11(17)12(18)6-13(8)23(21,22)20-15(9)14-7(10)2-1-3-19-14/h1-6,20H. The van der Waals surface area contributed by atoms with Crippen LogP contribution in [-0.4, -0.2) is 13.4 Å². The third kappa shape index (κ3) is 2.00. The minimum atomic E-state index is -4.04. The zero-order valence-electron chi connectivity index (χ0n) is 11.3. The molecule has 0 atom stereocenters. The van der Waals surface area contributed by atoms with Crippen LogP contribution >= 0.6 is 11.6 Å². The maximum Gasteiger partial charge on any atom is 0.262 e. The number of sulfonamides is 1. The van der Waals surface area contributed by atoms with Gasteiger partial charge in [0.15, 0.2) is 11.6 Å². The average Bonchev–Trinajstić information content (AvgIpc) is 2.51. The van der Waals surface area contributed by atoms with Gasteiger partial charge in [0.2, 0.25) is 0 Å². The Morgan fingerprint density at radius 3 is 2.61 bits per heavy atom. The lowest BCUT2D eigenvalue weighted by atomic mass is 10.0. The summed E-state index contributed by atoms with van der Waals surface area (Å²) in [7, 11) is -4.04. The average molecular weight is 353 g/mol. The summed E-state index contributed by atoms with van der Waals surface area (Å²) in [5, 5.41) is 0.894. The topological polar surface area (TPSA) is 59.1 Å². The Morgan fingerprint density at radius 2 is 1.83 bits per heavy atom. The first-order chi connectivity index (χ1) is 10.9. The lowest BCUT2D eigenvalue weighted by Crippen LogP contribution is -2.20. The number of aromatic nitrogens is 1. The number of nitrogens with one attached hydrogen (secondary N) is 1. The summed E-state index contributed by atoms with van der Waals surface area (Å²) in [6, 6.07) is 6.39. The predicted molar refractivity (Wildman–Crippen MR) is 82.9 cm³/mol. The van der Waals surface area contributed by atoms with Crippen LogP contribution in [0.3, 0.4) is 0 Å². The summed E-state index contributed by atoms with van der Waals surface area (Å²) >= 11 is 6.22. The number of rotatable bonds is 0. The van der Waals surface area contributed by atoms with Crippen LogP contribution in [0.25, 0.3) is 22.0 Å². The molecule has 23 heavy (non-hydrogen) atoms. The van der Waals surface area contributed by atoms with Gasteiger partial charge in [0.05, 0.1) is 21.1 Å². The van der Waals surface area contributed by atoms with Crippen LogP contribution in [0.4, 0.5) is 14.5 Å². The Bertz CT molecular complexity index is 1100. The van der Waals surface area contributed by atoms with E-state index < -0.39 is 21.7 Å². The van der Waals surface area contributed by atoms with E-state index in [1.165, 1.54) is 12.3 Å². The Kier molecular flexibility index (Phi) is 2.88. The number of nitrogens with zero attached hydrogens (tertiary/aromatic N) is 1. The molecular formula is C15H7ClF2N2O2S. The Balaban J connectivity index is 2.20. The highest BCUT2D eigenvalue weighted by atomic mass is 35.5. The number of halogens is 3. The van der Waals surface area contributed by atoms with Crippen molar-refractivity contribution < 1.29 is 17.2 Å². The molecule has 4 nitrogen and oxygen atoms in total. The third-order valence-corrected chi connectivity index (χ3v) is 5.38. The van der Waals surface area contributed by atoms with Crippen molar-refractivity contribution in [2.75, 3.05) is 4.72 Å². The lowest BCUT2D eigenvalue weighted by molar-refractivity contribution is 0.505. The molecule has 0 unspecified atom stereocenters. The van der Waals surface area contributed by atoms with Gasteiger partial charge >= 0.3 is 0 Å². The molecule has 4 rings (SSSR count). The van der Waals surface area contributed by atoms with Gasteiger partial charge in [-0.15, -0.1) is 0 Å². The highest BCUT2D eigenvalue weighted by Gasteiger charge is 2.31. The second-order valence-electron chi connectivity index (χ2n) is 5.05. The summed E-state index contributed by atoms with van der Waals surface area (Å²) in [5.41, 5.74) is 0.939. The monoisotopic (exact) mass is 352 g/mol. The molecule has 0 fully saturated rings. The molecule has 1 aliphatic heterocycles. The molecule has 1 N–H and O–H groups in total. The highest BCUT2D eigenvalue weighted by Crippen LogP contribution is 2.45. The summed E-state index contributed by atoms with van der Waals surface area (Å²) in [5.74, 6) is -2.37. The van der Waals surface area contributed by atoms with E-state index in [1.807, 2.05) is 0 Å². The fourth-order valence-corrected chi connectivity index (χ4v) is 4.23. The molecule has 0 radical (unpaired) electrons. The van der Waals surface area contributed by atoms with Crippen LogP contribution in [0, 0.1) is 11.6 Å². The van der Waals surface area contributed by atoms with Crippen molar-refractivity contribution in [1.82, 2.24) is 4.98 Å². The van der Waals surface area contributed by atoms with Crippen molar-refractivity contribution in [3.8, 4) is 11.1 Å². The fraction of sp³-hybridized carbons (Fsp3) is 0. The number of anilines is 1. The summed E-state index contributed by atoms with van der Waals surface area (Å²) in [6.07, 6.45) is 1.49. The number of hydrogen-bond acceptors (Lipinski definition) is 3. The van der Waals surface area contributed by atoms with Crippen molar-refractivity contribution in [3.63, 3.8) is 0 Å². The SMILES string of the molecule is O=S1(=O)Nc2c(cc(Cl)c3cccnc23)-c2cc(F)c(F)cc21. The van der Waals surface area contributed by atoms with Gasteiger partial charge in [-0.25, -0.2) is 17.2 Å². The zero-order chi connectivity index (χ0) is 16.4. The molecule has 0 amide bonds. The van der Waals surface area contributed by atoms with Crippen LogP contribution in [0.5, 0.6) is 0 Å². The van der Waals surface area contributed by atoms with Crippen molar-refractivity contribution in [2.24, 2.45) is 0 Å². The second kappa shape index (κ2) is 4.62. The number of benzene rings is 2. The number of pyridine rings is 1. The second-order valence-corrected chi connectivity index (χ2v) is 7.11. The van der Waals surface area contributed by atoms with Gasteiger partial charge in [-0.2, -0.15) is 0 Å². The minimum absolute atomic E-state index is 0.0482. The van der Waals surface area contributed by atoms with Gasteiger partial charge in [-0.3, -0.25) is 9.71 Å². The van der Waals surface area contributed by atoms with Crippen LogP contribution in [0.15, 0.2) is 41.4 Å². The normalized spacial score (nSPS) is 14.9. The van der Waals surface area contributed by atoms with Crippen molar-refractivity contribution >= 4 is 38.2 Å². The molecule has 3 aromatic rings. The van der Waals surface area contributed by atoms with Gasteiger partial charge < -0.3 is 0 Å². The zero-order valence-corrected chi connectivity index (χ0v) is 12.8. The van der Waals surface area contributed by atoms with Crippen LogP contribution < -0.4 is 4.72 Å². The predicted octanol–water partition coefficient (Wildman–Crippen LogP) is 3.95. The van der Waals surface area contributed by atoms with Gasteiger partial charge in [-0.05, 0) is 30.3 Å². The molecular weight excluding hydrogens is 346 g/mol. The number of hydrogen-bond donors (Lipinski definition) is 1. The largest absolute Gasteiger partial charge is 0.277 e. The van der Waals surface area contributed by atoms with E-state index in [-0.39, 0.29) is 16.1 Å². The minimum Gasteiger partial charge on any atom is -0.277 e. The first-order valence-electron chi connectivity index (χ1n) is 6.48. The Morgan fingerprint density at radius 1 is 1.09 bits per heavy atom. The molecule has 0 saturated heterocycles. The third-order valence-electron chi connectivity index (χ3n) is 3.68. The van der Waals surface area contributed by atoms with Crippen molar-refractivity contribution in [3.05, 3.63) is 53.2 Å². The summed E-state index contributed by atoms with van der Waals surface area (Å²) in [6.45, 7) is 0. The van der Waals surface area contributed by atoms with Crippen LogP contribution in [0.2, 0.25) is 5.02 Å². The fourth-order valence-electron chi connectivity index (χ4n) is 2.67. The number of fused-ring (bicyclic) bond motifs is 5. The lowest BCUT2D eigenvalue weighted by Gasteiger charge is -2.23. The summed E-state index contributed by atoms with van der Waals surface area (Å²) in [4.78, 5) is 3.82. The van der Waals surface area contributed by atoms with E-state index in [2.05, 4.69) is 9.71 Å². The van der Waals surface area contributed by atoms with E-state index in [0.717, 1.165) is 6.07 Å². The molecule has 2 aromatic carbocycles. The van der Waals surface area contributed by atoms with E-state index in [0.29, 0.717) is 27.6 Å². The van der Waals surface area contributed by atoms with Crippen molar-refractivity contribution in [2.45, 2.75) is 4.90 Å². The van der Waals surface area contributed by atoms with Gasteiger partial charge in [0.25, 0.3) is 10.0 Å². The Labute approximate surface area is 134 Å². The van der Waals surface area contributed by atoms with Crippen molar-refractivity contribution in [1.29, 1.82) is 0 Å². The molecule has 116 valence electrons. The molecule has 0 saturated carbocycles. The molecule has 8 heteroatoms. The van der Waals surface area contributed by atoms with Gasteiger partial charge in [0.1, 0.15) is 0 Å². The Hall–Kier alpha value is -2.25. The molecule has 1 aliphatic rings. The van der Waals surface area contributed by atoms with Gasteiger partial charge in [0, 0.05) is 22.7 Å². The maximum atomic E-state index is 13.6. The molecule has 0 aliphatic carbocycles. The maximum absolute atomic E-state index is 13.6. The van der Waals surface area contributed by atoms with Gasteiger partial charge in [-0.1, -0.05) is 11.6 Å². The molecule has 2 heterocycles. The van der Waals surface area contributed by atoms with Crippen LogP contribution in [0.1, 0.15) is 0 Å². The smallest absolute Gasteiger partial charge is 0.262 e. The van der Waals surface area contributed by atoms with E-state index in [9.17, 15) is 17.2 Å². The van der Waals surface area contributed by atoms with E-state index in [4.69, 9.17) is 11.6 Å². The molecule has 0 bridgehead atoms. The highest BCUT2D eigenvalue weighted by molar-refractivity contribution is 7.93.